The van der Waals surface area contributed by atoms with Crippen LogP contribution in [0, 0.1) is 0 Å². The number of benzene rings is 1. The lowest BCUT2D eigenvalue weighted by Gasteiger charge is -2.36. The van der Waals surface area contributed by atoms with Crippen LogP contribution in [0.3, 0.4) is 0 Å². The average molecular weight is 346 g/mol. The van der Waals surface area contributed by atoms with Gasteiger partial charge < -0.3 is 14.5 Å². The van der Waals surface area contributed by atoms with Gasteiger partial charge in [0.05, 0.1) is 12.6 Å². The molecule has 2 N–H and O–H groups in total. The van der Waals surface area contributed by atoms with Crippen molar-refractivity contribution in [1.29, 1.82) is 0 Å². The van der Waals surface area contributed by atoms with E-state index in [2.05, 4.69) is 35.9 Å². The molecule has 0 aliphatic carbocycles. The van der Waals surface area contributed by atoms with Crippen molar-refractivity contribution in [3.05, 3.63) is 29.8 Å². The topological polar surface area (TPSA) is 56.8 Å². The standard InChI is InChI=1S/C19H30N4O2/c1-4-25-18-8-6-5-7-15(18)16-13-17(21-20-16)19(24)23-11-9-14(10-12-23)22(2)3/h5-8,14,16-17,20-21H,4,9-13H2,1-3H3. The summed E-state index contributed by atoms with van der Waals surface area (Å²) in [5, 5.41) is 0. The molecule has 0 spiro atoms. The van der Waals surface area contributed by atoms with Gasteiger partial charge >= 0.3 is 0 Å². The maximum Gasteiger partial charge on any atom is 0.241 e. The summed E-state index contributed by atoms with van der Waals surface area (Å²) in [5.41, 5.74) is 7.59. The van der Waals surface area contributed by atoms with Gasteiger partial charge in [0.15, 0.2) is 0 Å². The van der Waals surface area contributed by atoms with E-state index in [1.165, 1.54) is 0 Å². The van der Waals surface area contributed by atoms with E-state index in [9.17, 15) is 4.79 Å². The third-order valence-corrected chi connectivity index (χ3v) is 5.30. The van der Waals surface area contributed by atoms with Crippen LogP contribution >= 0.6 is 0 Å². The first kappa shape index (κ1) is 18.2. The second-order valence-corrected chi connectivity index (χ2v) is 7.12. The molecule has 2 aliphatic rings. The van der Waals surface area contributed by atoms with Crippen molar-refractivity contribution in [1.82, 2.24) is 20.7 Å². The Bertz CT molecular complexity index is 585. The van der Waals surface area contributed by atoms with E-state index in [1.807, 2.05) is 30.0 Å². The number of nitrogens with one attached hydrogen (secondary N) is 2. The number of hydrogen-bond acceptors (Lipinski definition) is 5. The number of para-hydroxylation sites is 1. The number of carbonyl (C=O) groups excluding carboxylic acids is 1. The quantitative estimate of drug-likeness (QED) is 0.847. The van der Waals surface area contributed by atoms with E-state index in [0.29, 0.717) is 12.6 Å². The minimum absolute atomic E-state index is 0.0935. The fourth-order valence-corrected chi connectivity index (χ4v) is 3.80. The molecule has 1 aromatic rings. The molecule has 2 heterocycles. The van der Waals surface area contributed by atoms with Crippen molar-refractivity contribution < 1.29 is 9.53 Å². The van der Waals surface area contributed by atoms with Crippen LogP contribution in [0.5, 0.6) is 5.75 Å². The predicted molar refractivity (Wildman–Crippen MR) is 98.3 cm³/mol. The minimum Gasteiger partial charge on any atom is -0.494 e. The van der Waals surface area contributed by atoms with Crippen LogP contribution in [0.15, 0.2) is 24.3 Å². The Balaban J connectivity index is 1.59. The fraction of sp³-hybridized carbons (Fsp3) is 0.632. The number of hydrazine groups is 1. The van der Waals surface area contributed by atoms with Crippen LogP contribution in [0.1, 0.15) is 37.8 Å². The molecular formula is C19H30N4O2. The first-order chi connectivity index (χ1) is 12.1. The normalized spacial score (nSPS) is 24.7. The molecule has 2 aliphatic heterocycles. The molecule has 1 aromatic carbocycles. The van der Waals surface area contributed by atoms with Gasteiger partial charge in [-0.2, -0.15) is 0 Å². The highest BCUT2D eigenvalue weighted by Crippen LogP contribution is 2.31. The Labute approximate surface area is 150 Å². The molecule has 1 amide bonds. The van der Waals surface area contributed by atoms with E-state index >= 15 is 0 Å². The van der Waals surface area contributed by atoms with Crippen molar-refractivity contribution in [2.24, 2.45) is 0 Å². The second-order valence-electron chi connectivity index (χ2n) is 7.12. The summed E-state index contributed by atoms with van der Waals surface area (Å²) in [6.07, 6.45) is 2.85. The maximum absolute atomic E-state index is 12.8. The Morgan fingerprint density at radius 3 is 2.64 bits per heavy atom. The number of nitrogens with zero attached hydrogens (tertiary/aromatic N) is 2. The van der Waals surface area contributed by atoms with Crippen LogP contribution in [-0.4, -0.2) is 61.6 Å². The van der Waals surface area contributed by atoms with E-state index in [0.717, 1.165) is 43.7 Å². The largest absolute Gasteiger partial charge is 0.494 e. The zero-order valence-corrected chi connectivity index (χ0v) is 15.5. The molecule has 0 bridgehead atoms. The molecule has 2 unspecified atom stereocenters. The summed E-state index contributed by atoms with van der Waals surface area (Å²) >= 11 is 0. The molecule has 25 heavy (non-hydrogen) atoms. The molecule has 2 fully saturated rings. The molecule has 0 aromatic heterocycles. The molecule has 2 saturated heterocycles. The lowest BCUT2D eigenvalue weighted by atomic mass is 9.99. The summed E-state index contributed by atoms with van der Waals surface area (Å²) in [7, 11) is 4.23. The lowest BCUT2D eigenvalue weighted by molar-refractivity contribution is -0.134. The van der Waals surface area contributed by atoms with Gasteiger partial charge in [-0.15, -0.1) is 0 Å². The van der Waals surface area contributed by atoms with Crippen LogP contribution in [0.25, 0.3) is 0 Å². The summed E-state index contributed by atoms with van der Waals surface area (Å²) < 4.78 is 5.73. The number of amides is 1. The molecule has 138 valence electrons. The van der Waals surface area contributed by atoms with Crippen molar-refractivity contribution >= 4 is 5.91 Å². The van der Waals surface area contributed by atoms with Crippen molar-refractivity contribution in [2.75, 3.05) is 33.8 Å². The van der Waals surface area contributed by atoms with Gasteiger partial charge in [-0.05, 0) is 46.3 Å². The predicted octanol–water partition coefficient (Wildman–Crippen LogP) is 1.55. The first-order valence-electron chi connectivity index (χ1n) is 9.28. The molecule has 2 atom stereocenters. The summed E-state index contributed by atoms with van der Waals surface area (Å²) in [5.74, 6) is 1.10. The third kappa shape index (κ3) is 4.14. The molecule has 6 nitrogen and oxygen atoms in total. The van der Waals surface area contributed by atoms with Gasteiger partial charge in [-0.3, -0.25) is 4.79 Å². The summed E-state index contributed by atoms with van der Waals surface area (Å²) in [6.45, 7) is 4.32. The number of hydrogen-bond donors (Lipinski definition) is 2. The highest BCUT2D eigenvalue weighted by Gasteiger charge is 2.35. The number of rotatable bonds is 5. The van der Waals surface area contributed by atoms with Gasteiger partial charge in [0.1, 0.15) is 11.8 Å². The molecule has 0 radical (unpaired) electrons. The SMILES string of the molecule is CCOc1ccccc1C1CC(C(=O)N2CCC(N(C)C)CC2)NN1. The van der Waals surface area contributed by atoms with Gasteiger partial charge in [-0.25, -0.2) is 10.9 Å². The number of likely N-dealkylation sites (tertiary alicyclic amines) is 1. The van der Waals surface area contributed by atoms with Crippen LogP contribution < -0.4 is 15.6 Å². The Kier molecular flexibility index (Phi) is 5.93. The number of carbonyl (C=O) groups is 1. The van der Waals surface area contributed by atoms with Gasteiger partial charge in [0.25, 0.3) is 0 Å². The van der Waals surface area contributed by atoms with Crippen molar-refractivity contribution in [3.8, 4) is 5.75 Å². The molecule has 3 rings (SSSR count). The monoisotopic (exact) mass is 346 g/mol. The molecular weight excluding hydrogens is 316 g/mol. The van der Waals surface area contributed by atoms with Crippen LogP contribution in [0.2, 0.25) is 0 Å². The number of ether oxygens (including phenoxy) is 1. The fourth-order valence-electron chi connectivity index (χ4n) is 3.80. The minimum atomic E-state index is -0.171. The van der Waals surface area contributed by atoms with E-state index in [4.69, 9.17) is 4.74 Å². The van der Waals surface area contributed by atoms with E-state index < -0.39 is 0 Å². The summed E-state index contributed by atoms with van der Waals surface area (Å²) in [6, 6.07) is 8.56. The van der Waals surface area contributed by atoms with Crippen molar-refractivity contribution in [3.63, 3.8) is 0 Å². The zero-order valence-electron chi connectivity index (χ0n) is 15.5. The second kappa shape index (κ2) is 8.17. The van der Waals surface area contributed by atoms with Gasteiger partial charge in [0, 0.05) is 24.7 Å². The Morgan fingerprint density at radius 2 is 1.96 bits per heavy atom. The first-order valence-corrected chi connectivity index (χ1v) is 9.28. The molecule has 0 saturated carbocycles. The van der Waals surface area contributed by atoms with E-state index in [-0.39, 0.29) is 18.0 Å². The summed E-state index contributed by atoms with van der Waals surface area (Å²) in [4.78, 5) is 17.1. The highest BCUT2D eigenvalue weighted by molar-refractivity contribution is 5.82. The zero-order chi connectivity index (χ0) is 17.8. The number of piperidine rings is 1. The van der Waals surface area contributed by atoms with E-state index in [1.54, 1.807) is 0 Å². The Morgan fingerprint density at radius 1 is 1.24 bits per heavy atom. The van der Waals surface area contributed by atoms with Crippen LogP contribution in [-0.2, 0) is 4.79 Å². The van der Waals surface area contributed by atoms with Gasteiger partial charge in [-0.1, -0.05) is 18.2 Å². The highest BCUT2D eigenvalue weighted by atomic mass is 16.5. The Hall–Kier alpha value is -1.63. The van der Waals surface area contributed by atoms with Gasteiger partial charge in [0.2, 0.25) is 5.91 Å². The van der Waals surface area contributed by atoms with Crippen LogP contribution in [0.4, 0.5) is 0 Å². The third-order valence-electron chi connectivity index (χ3n) is 5.30. The van der Waals surface area contributed by atoms with Crippen molar-refractivity contribution in [2.45, 2.75) is 44.3 Å². The average Bonchev–Trinajstić information content (AvgIpc) is 3.12. The smallest absolute Gasteiger partial charge is 0.241 e. The molecule has 6 heteroatoms. The lowest BCUT2D eigenvalue weighted by Crippen LogP contribution is -2.50. The maximum atomic E-state index is 12.8.